The first kappa shape index (κ1) is 34.0. The number of aromatic hydroxyl groups is 1. The van der Waals surface area contributed by atoms with E-state index in [0.717, 1.165) is 28.2 Å². The van der Waals surface area contributed by atoms with Gasteiger partial charge in [0.05, 0.1) is 17.6 Å². The third-order valence-corrected chi connectivity index (χ3v) is 13.2. The van der Waals surface area contributed by atoms with Crippen LogP contribution in [-0.4, -0.2) is 79.1 Å². The molecule has 0 bridgehead atoms. The lowest BCUT2D eigenvalue weighted by molar-refractivity contribution is -0.135. The van der Waals surface area contributed by atoms with Gasteiger partial charge >= 0.3 is 5.69 Å². The van der Waals surface area contributed by atoms with E-state index in [9.17, 15) is 33.3 Å². The predicted octanol–water partition coefficient (Wildman–Crippen LogP) is 2.67. The van der Waals surface area contributed by atoms with Crippen LogP contribution in [0, 0.1) is 5.82 Å². The van der Waals surface area contributed by atoms with E-state index in [-0.39, 0.29) is 65.9 Å². The number of nitrogens with zero attached hydrogens (tertiary/aromatic N) is 4. The molecule has 1 atom stereocenters. The summed E-state index contributed by atoms with van der Waals surface area (Å²) in [6.45, 7) is 4.86. The number of halogens is 1. The van der Waals surface area contributed by atoms with Crippen molar-refractivity contribution in [2.24, 2.45) is 0 Å². The Morgan fingerprint density at radius 2 is 1.79 bits per heavy atom. The van der Waals surface area contributed by atoms with Gasteiger partial charge in [-0.15, -0.1) is 0 Å². The number of likely N-dealkylation sites (tertiary alicyclic amines) is 1. The summed E-state index contributed by atoms with van der Waals surface area (Å²) >= 11 is 0. The van der Waals surface area contributed by atoms with E-state index in [1.807, 2.05) is 32.0 Å². The maximum atomic E-state index is 15.7. The number of imide groups is 1. The van der Waals surface area contributed by atoms with Gasteiger partial charge in [-0.05, 0) is 109 Å². The summed E-state index contributed by atoms with van der Waals surface area (Å²) < 4.78 is 40.5. The fourth-order valence-corrected chi connectivity index (χ4v) is 10.2. The molecular formula is C35H38FN7O8S. The van der Waals surface area contributed by atoms with Crippen molar-refractivity contribution in [1.29, 1.82) is 0 Å². The molecule has 0 aliphatic carbocycles. The Labute approximate surface area is 296 Å². The molecule has 1 aromatic heterocycles. The lowest BCUT2D eigenvalue weighted by Crippen LogP contribution is -2.44. The average Bonchev–Trinajstić information content (AvgIpc) is 3.58. The number of phenols is 1. The van der Waals surface area contributed by atoms with E-state index >= 15 is 4.39 Å². The molecule has 274 valence electrons. The number of hydrogen-bond donors (Lipinski definition) is 4. The lowest BCUT2D eigenvalue weighted by Gasteiger charge is -2.32. The SMILES string of the molecule is CC(C)n1c(=O)n(C2CCC(=O)NC2=O)c2ccc(C3CCN(CC(=O)Nc4ccc5c(F)c(N6CC(=O)NS67(=O)CO7)c(O)cc5c4)CC3)cc21. The smallest absolute Gasteiger partial charge is 0.330 e. The minimum Gasteiger partial charge on any atom is -0.506 e. The zero-order chi connectivity index (χ0) is 36.7. The van der Waals surface area contributed by atoms with Crippen LogP contribution in [-0.2, 0) is 33.1 Å². The van der Waals surface area contributed by atoms with Gasteiger partial charge in [-0.25, -0.2) is 22.4 Å². The normalized spacial score (nSPS) is 22.5. The highest BCUT2D eigenvalue weighted by atomic mass is 32.3. The fraction of sp³-hybridized carbons (Fsp3) is 0.400. The van der Waals surface area contributed by atoms with Crippen LogP contribution in [0.25, 0.3) is 21.8 Å². The third-order valence-electron chi connectivity index (χ3n) is 10.4. The topological polar surface area (TPSA) is 188 Å². The molecule has 4 aliphatic heterocycles. The Bertz CT molecular complexity index is 2350. The highest BCUT2D eigenvalue weighted by molar-refractivity contribution is 8.20. The van der Waals surface area contributed by atoms with E-state index in [1.54, 1.807) is 4.57 Å². The standard InChI is InChI=1S/C35H38FN7O8S/c1-19(2)42-27-14-21(3-6-25(27)43(35(42)49)26-7-8-29(45)38-34(26)48)20-9-11-40(12-10-20)16-30(46)37-23-4-5-24-22(13-23)15-28(44)33(32(24)36)41-17-31(47)39-52(41,50)18-51-52/h3-6,13-15,19-20,26,44H,7-12,16-18H2,1-2H3,(H,37,46)(H,38,45,48)(H,39,47,50). The molecule has 4 fully saturated rings. The molecule has 15 nitrogen and oxygen atoms in total. The van der Waals surface area contributed by atoms with Gasteiger partial charge < -0.3 is 10.4 Å². The van der Waals surface area contributed by atoms with Crippen molar-refractivity contribution in [3.05, 3.63) is 64.3 Å². The molecular weight excluding hydrogens is 697 g/mol. The first-order valence-corrected chi connectivity index (χ1v) is 19.2. The quantitative estimate of drug-likeness (QED) is 0.164. The van der Waals surface area contributed by atoms with Gasteiger partial charge in [0, 0.05) is 23.5 Å². The summed E-state index contributed by atoms with van der Waals surface area (Å²) in [6.07, 6.45) is 2.00. The second-order valence-electron chi connectivity index (χ2n) is 14.2. The molecule has 0 saturated carbocycles. The first-order valence-electron chi connectivity index (χ1n) is 17.2. The van der Waals surface area contributed by atoms with Gasteiger partial charge in [-0.1, -0.05) is 6.07 Å². The first-order chi connectivity index (χ1) is 24.7. The van der Waals surface area contributed by atoms with Crippen LogP contribution >= 0.6 is 0 Å². The number of rotatable bonds is 7. The van der Waals surface area contributed by atoms with Gasteiger partial charge in [0.15, 0.2) is 11.8 Å². The summed E-state index contributed by atoms with van der Waals surface area (Å²) in [5.41, 5.74) is 2.19. The molecule has 3 aromatic carbocycles. The van der Waals surface area contributed by atoms with Crippen molar-refractivity contribution >= 4 is 66.5 Å². The largest absolute Gasteiger partial charge is 0.506 e. The Kier molecular flexibility index (Phi) is 7.82. The molecule has 4 N–H and O–H groups in total. The van der Waals surface area contributed by atoms with Gasteiger partial charge in [0.2, 0.25) is 17.7 Å². The Hall–Kier alpha value is -5.13. The number of imidazole rings is 1. The third kappa shape index (κ3) is 5.54. The molecule has 4 amide bonds. The van der Waals surface area contributed by atoms with Gasteiger partial charge in [0.1, 0.15) is 24.0 Å². The van der Waals surface area contributed by atoms with Crippen LogP contribution < -0.4 is 25.4 Å². The van der Waals surface area contributed by atoms with Gasteiger partial charge in [0.25, 0.3) is 5.91 Å². The van der Waals surface area contributed by atoms with E-state index in [2.05, 4.69) is 20.3 Å². The monoisotopic (exact) mass is 735 g/mol. The lowest BCUT2D eigenvalue weighted by atomic mass is 9.89. The van der Waals surface area contributed by atoms with Crippen LogP contribution in [0.3, 0.4) is 0 Å². The summed E-state index contributed by atoms with van der Waals surface area (Å²) in [4.78, 5) is 65.2. The number of amides is 4. The summed E-state index contributed by atoms with van der Waals surface area (Å²) in [6, 6.07) is 10.8. The minimum atomic E-state index is -4.20. The number of nitrogens with one attached hydrogen (secondary N) is 3. The minimum absolute atomic E-state index is 0.103. The molecule has 1 spiro atoms. The van der Waals surface area contributed by atoms with Crippen LogP contribution in [0.15, 0.2) is 47.3 Å². The van der Waals surface area contributed by atoms with E-state index in [0.29, 0.717) is 29.7 Å². The van der Waals surface area contributed by atoms with Crippen molar-refractivity contribution in [2.75, 3.05) is 41.7 Å². The maximum absolute atomic E-state index is 15.7. The van der Waals surface area contributed by atoms with Gasteiger partial charge in [-0.3, -0.25) is 38.5 Å². The number of carbonyl (C=O) groups is 4. The highest BCUT2D eigenvalue weighted by Crippen LogP contribution is 2.51. The number of anilines is 2. The molecule has 17 heteroatoms. The second kappa shape index (κ2) is 12.0. The van der Waals surface area contributed by atoms with Crippen molar-refractivity contribution in [3.63, 3.8) is 0 Å². The summed E-state index contributed by atoms with van der Waals surface area (Å²) in [5, 5.41) is 16.3. The van der Waals surface area contributed by atoms with Gasteiger partial charge in [-0.2, -0.15) is 4.21 Å². The number of carbonyl (C=O) groups excluding carboxylic acids is 4. The molecule has 4 aliphatic rings. The number of phenolic OH excluding ortho intramolecular Hbond substituents is 1. The van der Waals surface area contributed by atoms with E-state index < -0.39 is 45.7 Å². The maximum Gasteiger partial charge on any atom is 0.330 e. The van der Waals surface area contributed by atoms with Crippen LogP contribution in [0.5, 0.6) is 5.75 Å². The Morgan fingerprint density at radius 1 is 1.04 bits per heavy atom. The highest BCUT2D eigenvalue weighted by Gasteiger charge is 2.59. The number of benzene rings is 3. The number of aromatic nitrogens is 2. The molecule has 4 saturated heterocycles. The van der Waals surface area contributed by atoms with Crippen molar-refractivity contribution < 1.29 is 37.1 Å². The molecule has 5 heterocycles. The van der Waals surface area contributed by atoms with Crippen molar-refractivity contribution in [3.8, 4) is 5.75 Å². The molecule has 0 radical (unpaired) electrons. The number of piperidine rings is 2. The molecule has 8 rings (SSSR count). The summed E-state index contributed by atoms with van der Waals surface area (Å²) in [5.74, 6) is -3.15. The van der Waals surface area contributed by atoms with Crippen molar-refractivity contribution in [2.45, 2.75) is 57.5 Å². The Morgan fingerprint density at radius 3 is 2.48 bits per heavy atom. The molecule has 4 aromatic rings. The second-order valence-corrected chi connectivity index (χ2v) is 17.3. The van der Waals surface area contributed by atoms with E-state index in [4.69, 9.17) is 4.18 Å². The zero-order valence-corrected chi connectivity index (χ0v) is 29.3. The molecule has 1 unspecified atom stereocenters. The summed E-state index contributed by atoms with van der Waals surface area (Å²) in [7, 11) is -4.20. The van der Waals surface area contributed by atoms with Crippen LogP contribution in [0.4, 0.5) is 15.8 Å². The van der Waals surface area contributed by atoms with E-state index in [1.165, 1.54) is 28.8 Å². The van der Waals surface area contributed by atoms with Crippen LogP contribution in [0.2, 0.25) is 0 Å². The van der Waals surface area contributed by atoms with Crippen LogP contribution in [0.1, 0.15) is 63.1 Å². The fourth-order valence-electron chi connectivity index (χ4n) is 7.81. The number of fused-ring (bicyclic) bond motifs is 2. The molecule has 52 heavy (non-hydrogen) atoms. The Balaban J connectivity index is 0.932. The van der Waals surface area contributed by atoms with Crippen molar-refractivity contribution in [1.82, 2.24) is 24.1 Å². The predicted molar refractivity (Wildman–Crippen MR) is 190 cm³/mol. The number of hydrogen-bond acceptors (Lipinski definition) is 9. The zero-order valence-electron chi connectivity index (χ0n) is 28.5. The average molecular weight is 736 g/mol.